The van der Waals surface area contributed by atoms with Crippen molar-refractivity contribution in [1.82, 2.24) is 0 Å². The van der Waals surface area contributed by atoms with Gasteiger partial charge in [0.15, 0.2) is 0 Å². The maximum atomic E-state index is 5.77. The fourth-order valence-corrected chi connectivity index (χ4v) is 2.44. The van der Waals surface area contributed by atoms with E-state index in [1.54, 1.807) is 0 Å². The molecule has 3 nitrogen and oxygen atoms in total. The minimum atomic E-state index is 0.105. The van der Waals surface area contributed by atoms with Crippen LogP contribution in [0.4, 0.5) is 0 Å². The summed E-state index contributed by atoms with van der Waals surface area (Å²) in [5.74, 6) is 0.418. The fraction of sp³-hybridized carbons (Fsp3) is 0.385. The Morgan fingerprint density at radius 1 is 1.31 bits per heavy atom. The first kappa shape index (κ1) is 9.87. The molecular formula is C13H15NO2. The number of ether oxygens (including phenoxy) is 1. The molecule has 1 aliphatic rings. The van der Waals surface area contributed by atoms with Gasteiger partial charge in [-0.1, -0.05) is 18.2 Å². The van der Waals surface area contributed by atoms with E-state index in [2.05, 4.69) is 6.07 Å². The number of fused-ring (bicyclic) bond motifs is 1. The van der Waals surface area contributed by atoms with Crippen LogP contribution < -0.4 is 5.73 Å². The zero-order valence-corrected chi connectivity index (χ0v) is 9.06. The van der Waals surface area contributed by atoms with Gasteiger partial charge in [-0.2, -0.15) is 0 Å². The standard InChI is InChI=1S/C13H15NO2/c14-7-9-5-6-15-13(9)11-8-16-12-4-2-1-3-10(11)12/h1-4,8-9,13H,5-7,14H2. The molecule has 2 atom stereocenters. The molecule has 0 aliphatic carbocycles. The normalized spacial score (nSPS) is 25.3. The van der Waals surface area contributed by atoms with E-state index < -0.39 is 0 Å². The van der Waals surface area contributed by atoms with Gasteiger partial charge in [-0.05, 0) is 19.0 Å². The summed E-state index contributed by atoms with van der Waals surface area (Å²) in [5.41, 5.74) is 7.83. The van der Waals surface area contributed by atoms with Gasteiger partial charge in [-0.15, -0.1) is 0 Å². The topological polar surface area (TPSA) is 48.4 Å². The Morgan fingerprint density at radius 2 is 2.19 bits per heavy atom. The lowest BCUT2D eigenvalue weighted by Crippen LogP contribution is -2.17. The van der Waals surface area contributed by atoms with Gasteiger partial charge in [0.25, 0.3) is 0 Å². The Kier molecular flexibility index (Phi) is 2.42. The number of rotatable bonds is 2. The van der Waals surface area contributed by atoms with Crippen LogP contribution >= 0.6 is 0 Å². The third-order valence-corrected chi connectivity index (χ3v) is 3.33. The maximum Gasteiger partial charge on any atom is 0.134 e. The molecule has 2 unspecified atom stereocenters. The quantitative estimate of drug-likeness (QED) is 0.840. The highest BCUT2D eigenvalue weighted by atomic mass is 16.5. The molecule has 16 heavy (non-hydrogen) atoms. The molecule has 1 saturated heterocycles. The molecule has 1 aliphatic heterocycles. The van der Waals surface area contributed by atoms with E-state index in [1.165, 1.54) is 0 Å². The van der Waals surface area contributed by atoms with E-state index in [4.69, 9.17) is 14.9 Å². The molecule has 2 N–H and O–H groups in total. The van der Waals surface area contributed by atoms with Gasteiger partial charge in [0.05, 0.1) is 12.4 Å². The molecule has 3 rings (SSSR count). The van der Waals surface area contributed by atoms with Crippen LogP contribution in [0.5, 0.6) is 0 Å². The van der Waals surface area contributed by atoms with Crippen LogP contribution in [0.15, 0.2) is 34.9 Å². The van der Waals surface area contributed by atoms with Gasteiger partial charge in [0.1, 0.15) is 5.58 Å². The average Bonchev–Trinajstić information content (AvgIpc) is 2.94. The Morgan fingerprint density at radius 3 is 3.06 bits per heavy atom. The summed E-state index contributed by atoms with van der Waals surface area (Å²) < 4.78 is 11.3. The summed E-state index contributed by atoms with van der Waals surface area (Å²) in [5, 5.41) is 1.15. The van der Waals surface area contributed by atoms with Crippen molar-refractivity contribution in [1.29, 1.82) is 0 Å². The minimum absolute atomic E-state index is 0.105. The van der Waals surface area contributed by atoms with E-state index >= 15 is 0 Å². The predicted octanol–water partition coefficient (Wildman–Crippen LogP) is 2.47. The number of hydrogen-bond donors (Lipinski definition) is 1. The molecule has 0 amide bonds. The maximum absolute atomic E-state index is 5.77. The monoisotopic (exact) mass is 217 g/mol. The summed E-state index contributed by atoms with van der Waals surface area (Å²) in [6, 6.07) is 8.05. The van der Waals surface area contributed by atoms with Crippen LogP contribution in [0.1, 0.15) is 18.1 Å². The van der Waals surface area contributed by atoms with Crippen molar-refractivity contribution in [2.75, 3.05) is 13.2 Å². The highest BCUT2D eigenvalue weighted by Crippen LogP contribution is 2.38. The highest BCUT2D eigenvalue weighted by Gasteiger charge is 2.30. The van der Waals surface area contributed by atoms with Crippen molar-refractivity contribution in [3.05, 3.63) is 36.1 Å². The molecule has 0 radical (unpaired) electrons. The molecule has 1 aromatic heterocycles. The third kappa shape index (κ3) is 1.44. The van der Waals surface area contributed by atoms with Gasteiger partial charge < -0.3 is 14.9 Å². The van der Waals surface area contributed by atoms with E-state index in [-0.39, 0.29) is 6.10 Å². The number of hydrogen-bond acceptors (Lipinski definition) is 3. The average molecular weight is 217 g/mol. The zero-order valence-electron chi connectivity index (χ0n) is 9.06. The molecule has 0 spiro atoms. The minimum Gasteiger partial charge on any atom is -0.464 e. The smallest absolute Gasteiger partial charge is 0.134 e. The highest BCUT2D eigenvalue weighted by molar-refractivity contribution is 5.81. The van der Waals surface area contributed by atoms with Crippen LogP contribution in [0.2, 0.25) is 0 Å². The molecule has 1 fully saturated rings. The summed E-state index contributed by atoms with van der Waals surface area (Å²) >= 11 is 0. The van der Waals surface area contributed by atoms with Crippen LogP contribution in [-0.2, 0) is 4.74 Å². The molecule has 0 saturated carbocycles. The zero-order chi connectivity index (χ0) is 11.0. The Bertz CT molecular complexity index is 491. The molecule has 84 valence electrons. The van der Waals surface area contributed by atoms with Crippen molar-refractivity contribution < 1.29 is 9.15 Å². The molecule has 2 aromatic rings. The van der Waals surface area contributed by atoms with Crippen LogP contribution in [-0.4, -0.2) is 13.2 Å². The van der Waals surface area contributed by atoms with Gasteiger partial charge in [0, 0.05) is 23.5 Å². The van der Waals surface area contributed by atoms with Gasteiger partial charge in [0.2, 0.25) is 0 Å². The molecule has 2 heterocycles. The van der Waals surface area contributed by atoms with Gasteiger partial charge in [-0.25, -0.2) is 0 Å². The SMILES string of the molecule is NCC1CCOC1c1coc2ccccc12. The van der Waals surface area contributed by atoms with Crippen molar-refractivity contribution >= 4 is 11.0 Å². The summed E-state index contributed by atoms with van der Waals surface area (Å²) in [4.78, 5) is 0. The first-order valence-electron chi connectivity index (χ1n) is 5.68. The van der Waals surface area contributed by atoms with Crippen LogP contribution in [0, 0.1) is 5.92 Å². The Labute approximate surface area is 94.2 Å². The van der Waals surface area contributed by atoms with Gasteiger partial charge >= 0.3 is 0 Å². The van der Waals surface area contributed by atoms with Crippen molar-refractivity contribution in [3.63, 3.8) is 0 Å². The lowest BCUT2D eigenvalue weighted by molar-refractivity contribution is 0.0929. The Hall–Kier alpha value is -1.32. The predicted molar refractivity (Wildman–Crippen MR) is 62.1 cm³/mol. The number of para-hydroxylation sites is 1. The Balaban J connectivity index is 2.05. The van der Waals surface area contributed by atoms with E-state index in [0.29, 0.717) is 12.5 Å². The second kappa shape index (κ2) is 3.92. The fourth-order valence-electron chi connectivity index (χ4n) is 2.44. The summed E-state index contributed by atoms with van der Waals surface area (Å²) in [6.45, 7) is 1.47. The van der Waals surface area contributed by atoms with Crippen molar-refractivity contribution in [3.8, 4) is 0 Å². The van der Waals surface area contributed by atoms with Crippen molar-refractivity contribution in [2.24, 2.45) is 11.7 Å². The number of furan rings is 1. The van der Waals surface area contributed by atoms with Gasteiger partial charge in [-0.3, -0.25) is 0 Å². The summed E-state index contributed by atoms with van der Waals surface area (Å²) in [6.07, 6.45) is 2.96. The van der Waals surface area contributed by atoms with Crippen molar-refractivity contribution in [2.45, 2.75) is 12.5 Å². The largest absolute Gasteiger partial charge is 0.464 e. The first-order valence-corrected chi connectivity index (χ1v) is 5.68. The van der Waals surface area contributed by atoms with E-state index in [0.717, 1.165) is 29.6 Å². The van der Waals surface area contributed by atoms with Crippen LogP contribution in [0.3, 0.4) is 0 Å². The lowest BCUT2D eigenvalue weighted by Gasteiger charge is -2.15. The molecule has 0 bridgehead atoms. The lowest BCUT2D eigenvalue weighted by atomic mass is 9.95. The van der Waals surface area contributed by atoms with Crippen LogP contribution in [0.25, 0.3) is 11.0 Å². The molecular weight excluding hydrogens is 202 g/mol. The number of nitrogens with two attached hydrogens (primary N) is 1. The summed E-state index contributed by atoms with van der Waals surface area (Å²) in [7, 11) is 0. The van der Waals surface area contributed by atoms with E-state index in [9.17, 15) is 0 Å². The second-order valence-electron chi connectivity index (χ2n) is 4.26. The molecule has 3 heteroatoms. The number of benzene rings is 1. The molecule has 1 aromatic carbocycles. The second-order valence-corrected chi connectivity index (χ2v) is 4.26. The third-order valence-electron chi connectivity index (χ3n) is 3.33. The van der Waals surface area contributed by atoms with E-state index in [1.807, 2.05) is 24.5 Å². The first-order chi connectivity index (χ1) is 7.90.